The summed E-state index contributed by atoms with van der Waals surface area (Å²) in [7, 11) is 0. The largest absolute Gasteiger partial charge is 0.488 e. The van der Waals surface area contributed by atoms with Crippen molar-refractivity contribution in [2.45, 2.75) is 39.0 Å². The molecule has 0 radical (unpaired) electrons. The number of hydrogen-bond donors (Lipinski definition) is 3. The van der Waals surface area contributed by atoms with Gasteiger partial charge in [-0.05, 0) is 66.3 Å². The Balaban J connectivity index is 1.47. The molecule has 6 heteroatoms. The lowest BCUT2D eigenvalue weighted by Gasteiger charge is -2.11. The van der Waals surface area contributed by atoms with Crippen LogP contribution in [0.5, 0.6) is 5.75 Å². The number of nitrogens with two attached hydrogens (primary N) is 1. The number of hydrogen-bond acceptors (Lipinski definition) is 5. The van der Waals surface area contributed by atoms with Crippen molar-refractivity contribution in [2.75, 3.05) is 6.54 Å². The van der Waals surface area contributed by atoms with Crippen molar-refractivity contribution in [3.63, 3.8) is 0 Å². The smallest absolute Gasteiger partial charge is 0.307 e. The Kier molecular flexibility index (Phi) is 6.84. The summed E-state index contributed by atoms with van der Waals surface area (Å²) < 4.78 is 12.1. The van der Waals surface area contributed by atoms with Crippen LogP contribution in [0.1, 0.15) is 35.1 Å². The van der Waals surface area contributed by atoms with Gasteiger partial charge in [-0.3, -0.25) is 4.79 Å². The highest BCUT2D eigenvalue weighted by Gasteiger charge is 2.21. The third-order valence-corrected chi connectivity index (χ3v) is 6.47. The maximum Gasteiger partial charge on any atom is 0.307 e. The lowest BCUT2D eigenvalue weighted by Crippen LogP contribution is -2.16. The molecule has 0 amide bonds. The minimum absolute atomic E-state index is 0.0826. The number of rotatable bonds is 11. The summed E-state index contributed by atoms with van der Waals surface area (Å²) in [6.45, 7) is 2.52. The summed E-state index contributed by atoms with van der Waals surface area (Å²) >= 11 is 0. The van der Waals surface area contributed by atoms with Gasteiger partial charge in [-0.2, -0.15) is 0 Å². The number of carboxylic acids is 1. The summed E-state index contributed by atoms with van der Waals surface area (Å²) in [5.41, 5.74) is 12.7. The van der Waals surface area contributed by atoms with Gasteiger partial charge in [-0.1, -0.05) is 36.4 Å². The molecule has 1 aliphatic carbocycles. The highest BCUT2D eigenvalue weighted by atomic mass is 16.5. The molecule has 1 saturated carbocycles. The predicted octanol–water partition coefficient (Wildman–Crippen LogP) is 5.26. The van der Waals surface area contributed by atoms with Crippen LogP contribution in [0.2, 0.25) is 0 Å². The molecule has 0 saturated heterocycles. The first-order chi connectivity index (χ1) is 17.1. The van der Waals surface area contributed by atoms with Crippen LogP contribution in [-0.2, 0) is 30.9 Å². The fraction of sp³-hybridized carbons (Fsp3) is 0.276. The minimum Gasteiger partial charge on any atom is -0.488 e. The average Bonchev–Trinajstić information content (AvgIpc) is 3.60. The molecule has 0 bridgehead atoms. The van der Waals surface area contributed by atoms with E-state index in [1.54, 1.807) is 18.4 Å². The molecular formula is C29H30N2O4. The van der Waals surface area contributed by atoms with E-state index in [9.17, 15) is 9.90 Å². The molecule has 4 N–H and O–H groups in total. The molecule has 1 heterocycles. The number of ether oxygens (including phenoxy) is 1. The Bertz CT molecular complexity index is 1340. The quantitative estimate of drug-likeness (QED) is 0.276. The van der Waals surface area contributed by atoms with Gasteiger partial charge in [0.1, 0.15) is 17.9 Å². The first-order valence-corrected chi connectivity index (χ1v) is 12.1. The number of aliphatic carboxylic acids is 1. The van der Waals surface area contributed by atoms with Crippen LogP contribution in [0, 0.1) is 5.92 Å². The van der Waals surface area contributed by atoms with Gasteiger partial charge in [0, 0.05) is 35.2 Å². The van der Waals surface area contributed by atoms with E-state index < -0.39 is 5.97 Å². The van der Waals surface area contributed by atoms with Crippen molar-refractivity contribution in [1.82, 2.24) is 5.32 Å². The zero-order valence-corrected chi connectivity index (χ0v) is 19.6. The number of carboxylic acid groups (broad SMARTS) is 1. The fourth-order valence-electron chi connectivity index (χ4n) is 4.39. The lowest BCUT2D eigenvalue weighted by atomic mass is 9.98. The summed E-state index contributed by atoms with van der Waals surface area (Å²) in [5, 5.41) is 13.8. The van der Waals surface area contributed by atoms with Gasteiger partial charge in [0.05, 0.1) is 12.7 Å². The van der Waals surface area contributed by atoms with Crippen molar-refractivity contribution in [2.24, 2.45) is 11.7 Å². The zero-order chi connectivity index (χ0) is 24.2. The van der Waals surface area contributed by atoms with E-state index in [1.165, 1.54) is 12.8 Å². The van der Waals surface area contributed by atoms with E-state index in [2.05, 4.69) is 29.6 Å². The second kappa shape index (κ2) is 10.3. The summed E-state index contributed by atoms with van der Waals surface area (Å²) in [4.78, 5) is 11.2. The molecule has 1 aromatic heterocycles. The maximum atomic E-state index is 11.2. The molecular weight excluding hydrogens is 440 g/mol. The van der Waals surface area contributed by atoms with Crippen molar-refractivity contribution in [1.29, 1.82) is 0 Å². The van der Waals surface area contributed by atoms with Gasteiger partial charge in [0.25, 0.3) is 0 Å². The van der Waals surface area contributed by atoms with Crippen molar-refractivity contribution in [3.05, 3.63) is 89.2 Å². The minimum atomic E-state index is -0.887. The van der Waals surface area contributed by atoms with Gasteiger partial charge in [0.15, 0.2) is 0 Å². The molecule has 180 valence electrons. The third kappa shape index (κ3) is 5.56. The van der Waals surface area contributed by atoms with E-state index in [0.717, 1.165) is 57.8 Å². The van der Waals surface area contributed by atoms with Gasteiger partial charge in [-0.25, -0.2) is 0 Å². The molecule has 0 spiro atoms. The molecule has 0 aliphatic heterocycles. The number of furan rings is 1. The topological polar surface area (TPSA) is 97.7 Å². The summed E-state index contributed by atoms with van der Waals surface area (Å²) in [6.07, 6.45) is 4.27. The average molecular weight is 471 g/mol. The molecule has 1 fully saturated rings. The standard InChI is InChI=1S/C29H30N2O4/c30-14-20-4-3-6-21(10-20)23-11-24(16-31-15-19-8-9-19)29-26(12-23)25(18-35-29)17-34-27-7-2-1-5-22(27)13-28(32)33/h1-7,10-12,18-19,31H,8-9,13-17,30H2,(H,32,33). The van der Waals surface area contributed by atoms with Crippen LogP contribution >= 0.6 is 0 Å². The number of fused-ring (bicyclic) bond motifs is 1. The first-order valence-electron chi connectivity index (χ1n) is 12.1. The van der Waals surface area contributed by atoms with Gasteiger partial charge in [0.2, 0.25) is 0 Å². The monoisotopic (exact) mass is 470 g/mol. The normalized spacial score (nSPS) is 13.3. The van der Waals surface area contributed by atoms with Gasteiger partial charge >= 0.3 is 5.97 Å². The van der Waals surface area contributed by atoms with Crippen molar-refractivity contribution < 1.29 is 19.1 Å². The number of carbonyl (C=O) groups is 1. The van der Waals surface area contributed by atoms with Crippen LogP contribution in [0.4, 0.5) is 0 Å². The molecule has 1 aliphatic rings. The molecule has 6 nitrogen and oxygen atoms in total. The van der Waals surface area contributed by atoms with E-state index in [4.69, 9.17) is 14.9 Å². The Morgan fingerprint density at radius 3 is 2.69 bits per heavy atom. The maximum absolute atomic E-state index is 11.2. The fourth-order valence-corrected chi connectivity index (χ4v) is 4.39. The van der Waals surface area contributed by atoms with E-state index in [-0.39, 0.29) is 13.0 Å². The lowest BCUT2D eigenvalue weighted by molar-refractivity contribution is -0.136. The number of nitrogens with one attached hydrogen (secondary N) is 1. The van der Waals surface area contributed by atoms with Crippen LogP contribution in [0.3, 0.4) is 0 Å². The Morgan fingerprint density at radius 1 is 1.03 bits per heavy atom. The first kappa shape index (κ1) is 23.1. The number of para-hydroxylation sites is 1. The zero-order valence-electron chi connectivity index (χ0n) is 19.6. The van der Waals surface area contributed by atoms with E-state index in [0.29, 0.717) is 17.9 Å². The third-order valence-electron chi connectivity index (χ3n) is 6.47. The molecule has 3 aromatic carbocycles. The Hall–Kier alpha value is -3.61. The van der Waals surface area contributed by atoms with Crippen LogP contribution < -0.4 is 15.8 Å². The van der Waals surface area contributed by atoms with Gasteiger partial charge in [-0.15, -0.1) is 0 Å². The van der Waals surface area contributed by atoms with Gasteiger partial charge < -0.3 is 25.3 Å². The summed E-state index contributed by atoms with van der Waals surface area (Å²) in [6, 6.07) is 19.9. The van der Waals surface area contributed by atoms with Crippen LogP contribution in [-0.4, -0.2) is 17.6 Å². The SMILES string of the molecule is NCc1cccc(-c2cc(CNCC3CC3)c3occ(COc4ccccc4CC(=O)O)c3c2)c1. The van der Waals surface area contributed by atoms with Crippen molar-refractivity contribution >= 4 is 16.9 Å². The van der Waals surface area contributed by atoms with Crippen LogP contribution in [0.15, 0.2) is 71.3 Å². The molecule has 35 heavy (non-hydrogen) atoms. The predicted molar refractivity (Wildman–Crippen MR) is 136 cm³/mol. The highest BCUT2D eigenvalue weighted by Crippen LogP contribution is 2.33. The second-order valence-electron chi connectivity index (χ2n) is 9.22. The Morgan fingerprint density at radius 2 is 1.89 bits per heavy atom. The molecule has 0 unspecified atom stereocenters. The number of benzene rings is 3. The Labute approximate surface area is 204 Å². The molecule has 0 atom stereocenters. The van der Waals surface area contributed by atoms with E-state index in [1.807, 2.05) is 24.3 Å². The highest BCUT2D eigenvalue weighted by molar-refractivity contribution is 5.89. The van der Waals surface area contributed by atoms with Crippen molar-refractivity contribution in [3.8, 4) is 16.9 Å². The molecule has 5 rings (SSSR count). The second-order valence-corrected chi connectivity index (χ2v) is 9.22. The van der Waals surface area contributed by atoms with E-state index >= 15 is 0 Å². The summed E-state index contributed by atoms with van der Waals surface area (Å²) in [5.74, 6) is 0.478. The molecule has 4 aromatic rings. The van der Waals surface area contributed by atoms with Crippen LogP contribution in [0.25, 0.3) is 22.1 Å².